The molecule has 0 atom stereocenters. The van der Waals surface area contributed by atoms with Crippen molar-refractivity contribution >= 4 is 0 Å². The number of aryl methyl sites for hydroxylation is 2. The monoisotopic (exact) mass is 264 g/mol. The quantitative estimate of drug-likeness (QED) is 0.695. The van der Waals surface area contributed by atoms with Gasteiger partial charge in [0.1, 0.15) is 11.5 Å². The molecule has 20 heavy (non-hydrogen) atoms. The molecule has 2 aromatic carbocycles. The molecule has 102 valence electrons. The summed E-state index contributed by atoms with van der Waals surface area (Å²) in [6, 6.07) is 16.1. The minimum atomic E-state index is 0.869. The molecule has 0 aromatic heterocycles. The number of ether oxygens (including phenoxy) is 1. The third kappa shape index (κ3) is 4.17. The zero-order valence-corrected chi connectivity index (χ0v) is 12.1. The van der Waals surface area contributed by atoms with Crippen LogP contribution >= 0.6 is 0 Å². The van der Waals surface area contributed by atoms with Crippen LogP contribution in [0.5, 0.6) is 11.5 Å². The van der Waals surface area contributed by atoms with Crippen LogP contribution < -0.4 is 4.74 Å². The van der Waals surface area contributed by atoms with Crippen LogP contribution in [0.15, 0.2) is 48.5 Å². The maximum Gasteiger partial charge on any atom is 0.127 e. The number of hydrogen-bond acceptors (Lipinski definition) is 1. The Morgan fingerprint density at radius 2 is 1.75 bits per heavy atom. The van der Waals surface area contributed by atoms with E-state index in [1.165, 1.54) is 11.1 Å². The van der Waals surface area contributed by atoms with Crippen LogP contribution in [0.4, 0.5) is 0 Å². The van der Waals surface area contributed by atoms with Crippen LogP contribution in [0, 0.1) is 18.8 Å². The van der Waals surface area contributed by atoms with Crippen LogP contribution in [-0.4, -0.2) is 0 Å². The molecular weight excluding hydrogens is 244 g/mol. The second kappa shape index (κ2) is 7.40. The molecule has 1 nitrogen and oxygen atoms in total. The Morgan fingerprint density at radius 3 is 2.45 bits per heavy atom. The average Bonchev–Trinajstić information content (AvgIpc) is 2.46. The van der Waals surface area contributed by atoms with E-state index in [0.717, 1.165) is 30.8 Å². The minimum absolute atomic E-state index is 0.869. The fourth-order valence-electron chi connectivity index (χ4n) is 2.05. The third-order valence-electron chi connectivity index (χ3n) is 3.11. The fraction of sp³-hybridized carbons (Fsp3) is 0.263. The lowest BCUT2D eigenvalue weighted by Crippen LogP contribution is -1.91. The van der Waals surface area contributed by atoms with Crippen molar-refractivity contribution in [2.75, 3.05) is 0 Å². The van der Waals surface area contributed by atoms with Gasteiger partial charge in [-0.2, -0.15) is 0 Å². The maximum absolute atomic E-state index is 5.83. The lowest BCUT2D eigenvalue weighted by atomic mass is 10.0. The van der Waals surface area contributed by atoms with Crippen LogP contribution in [0.2, 0.25) is 0 Å². The van der Waals surface area contributed by atoms with Crippen molar-refractivity contribution in [1.29, 1.82) is 0 Å². The summed E-state index contributed by atoms with van der Waals surface area (Å²) < 4.78 is 5.83. The van der Waals surface area contributed by atoms with Gasteiger partial charge in [-0.1, -0.05) is 31.2 Å². The van der Waals surface area contributed by atoms with Crippen molar-refractivity contribution in [2.24, 2.45) is 0 Å². The van der Waals surface area contributed by atoms with Gasteiger partial charge in [-0.05, 0) is 48.7 Å². The molecule has 0 aliphatic carbocycles. The molecule has 0 saturated heterocycles. The van der Waals surface area contributed by atoms with E-state index in [-0.39, 0.29) is 0 Å². The Labute approximate surface area is 121 Å². The highest BCUT2D eigenvalue weighted by molar-refractivity contribution is 5.38. The molecule has 2 aromatic rings. The van der Waals surface area contributed by atoms with Gasteiger partial charge in [0.15, 0.2) is 0 Å². The van der Waals surface area contributed by atoms with E-state index in [1.807, 2.05) is 36.4 Å². The molecule has 0 aliphatic heterocycles. The summed E-state index contributed by atoms with van der Waals surface area (Å²) in [5, 5.41) is 0. The summed E-state index contributed by atoms with van der Waals surface area (Å²) in [6.07, 6.45) is 2.86. The topological polar surface area (TPSA) is 9.23 Å². The third-order valence-corrected chi connectivity index (χ3v) is 3.11. The van der Waals surface area contributed by atoms with Gasteiger partial charge >= 0.3 is 0 Å². The van der Waals surface area contributed by atoms with Crippen molar-refractivity contribution in [3.8, 4) is 23.3 Å². The molecule has 2 rings (SSSR count). The van der Waals surface area contributed by atoms with Gasteiger partial charge in [0.2, 0.25) is 0 Å². The van der Waals surface area contributed by atoms with E-state index in [9.17, 15) is 0 Å². The first kappa shape index (κ1) is 14.2. The summed E-state index contributed by atoms with van der Waals surface area (Å²) >= 11 is 0. The lowest BCUT2D eigenvalue weighted by molar-refractivity contribution is 0.482. The van der Waals surface area contributed by atoms with Crippen LogP contribution in [0.3, 0.4) is 0 Å². The summed E-state index contributed by atoms with van der Waals surface area (Å²) in [4.78, 5) is 0. The van der Waals surface area contributed by atoms with E-state index in [0.29, 0.717) is 0 Å². The Morgan fingerprint density at radius 1 is 0.950 bits per heavy atom. The number of para-hydroxylation sites is 1. The van der Waals surface area contributed by atoms with Gasteiger partial charge < -0.3 is 4.74 Å². The molecule has 0 N–H and O–H groups in total. The fourth-order valence-corrected chi connectivity index (χ4v) is 2.05. The maximum atomic E-state index is 5.83. The molecule has 0 fully saturated rings. The standard InChI is InChI=1S/C19H20O/c1-3-4-5-7-10-17-13-14-19(15-16(17)2)20-18-11-8-6-9-12-18/h6,8-9,11-15H,3,7,10H2,1-2H3. The van der Waals surface area contributed by atoms with E-state index < -0.39 is 0 Å². The van der Waals surface area contributed by atoms with Crippen molar-refractivity contribution in [2.45, 2.75) is 33.1 Å². The first-order valence-corrected chi connectivity index (χ1v) is 7.07. The summed E-state index contributed by atoms with van der Waals surface area (Å²) in [5.41, 5.74) is 2.60. The minimum Gasteiger partial charge on any atom is -0.457 e. The zero-order chi connectivity index (χ0) is 14.2. The highest BCUT2D eigenvalue weighted by atomic mass is 16.5. The zero-order valence-electron chi connectivity index (χ0n) is 12.1. The highest BCUT2D eigenvalue weighted by Gasteiger charge is 2.01. The molecule has 1 heteroatoms. The normalized spacial score (nSPS) is 9.70. The molecule has 0 heterocycles. The Balaban J connectivity index is 2.02. The second-order valence-corrected chi connectivity index (χ2v) is 4.71. The van der Waals surface area contributed by atoms with Crippen LogP contribution in [0.25, 0.3) is 0 Å². The SMILES string of the molecule is CCC#CCCc1ccc(Oc2ccccc2)cc1C. The van der Waals surface area contributed by atoms with Gasteiger partial charge in [-0.15, -0.1) is 11.8 Å². The van der Waals surface area contributed by atoms with Crippen molar-refractivity contribution in [1.82, 2.24) is 0 Å². The van der Waals surface area contributed by atoms with Gasteiger partial charge in [-0.25, -0.2) is 0 Å². The van der Waals surface area contributed by atoms with Crippen molar-refractivity contribution in [3.05, 3.63) is 59.7 Å². The molecule has 0 aliphatic rings. The molecule has 0 unspecified atom stereocenters. The van der Waals surface area contributed by atoms with Crippen LogP contribution in [0.1, 0.15) is 30.9 Å². The number of benzene rings is 2. The molecule has 0 bridgehead atoms. The van der Waals surface area contributed by atoms with Gasteiger partial charge in [0.05, 0.1) is 0 Å². The van der Waals surface area contributed by atoms with E-state index in [1.54, 1.807) is 0 Å². The predicted molar refractivity (Wildman–Crippen MR) is 84.1 cm³/mol. The largest absolute Gasteiger partial charge is 0.457 e. The molecule has 0 spiro atoms. The van der Waals surface area contributed by atoms with E-state index in [4.69, 9.17) is 4.74 Å². The Hall–Kier alpha value is -2.20. The first-order chi connectivity index (χ1) is 9.79. The van der Waals surface area contributed by atoms with E-state index in [2.05, 4.69) is 37.8 Å². The van der Waals surface area contributed by atoms with Crippen LogP contribution in [-0.2, 0) is 6.42 Å². The average molecular weight is 264 g/mol. The number of hydrogen-bond donors (Lipinski definition) is 0. The van der Waals surface area contributed by atoms with E-state index >= 15 is 0 Å². The summed E-state index contributed by atoms with van der Waals surface area (Å²) in [5.74, 6) is 8.05. The molecule has 0 radical (unpaired) electrons. The Kier molecular flexibility index (Phi) is 5.26. The van der Waals surface area contributed by atoms with Gasteiger partial charge in [0.25, 0.3) is 0 Å². The summed E-state index contributed by atoms with van der Waals surface area (Å²) in [6.45, 7) is 4.20. The van der Waals surface area contributed by atoms with Gasteiger partial charge in [0, 0.05) is 12.8 Å². The van der Waals surface area contributed by atoms with Gasteiger partial charge in [-0.3, -0.25) is 0 Å². The van der Waals surface area contributed by atoms with Crippen molar-refractivity contribution in [3.63, 3.8) is 0 Å². The molecule has 0 amide bonds. The smallest absolute Gasteiger partial charge is 0.127 e. The number of rotatable bonds is 4. The first-order valence-electron chi connectivity index (χ1n) is 7.07. The van der Waals surface area contributed by atoms with Crippen molar-refractivity contribution < 1.29 is 4.74 Å². The molecule has 0 saturated carbocycles. The lowest BCUT2D eigenvalue weighted by Gasteiger charge is -2.09. The Bertz CT molecular complexity index is 603. The highest BCUT2D eigenvalue weighted by Crippen LogP contribution is 2.24. The second-order valence-electron chi connectivity index (χ2n) is 4.71. The summed E-state index contributed by atoms with van der Waals surface area (Å²) in [7, 11) is 0. The predicted octanol–water partition coefficient (Wildman–Crippen LogP) is 5.13. The molecular formula is C19H20O.